The standard InChI is InChI=1S/C13H14ClN3O2/c14-11-7-10(8-15)9-16-12(11)17-3-1-13(2-4-17)18-5-6-19-13/h7,9H,1-6H2. The fourth-order valence-corrected chi connectivity index (χ4v) is 2.86. The van der Waals surface area contributed by atoms with E-state index in [-0.39, 0.29) is 0 Å². The Morgan fingerprint density at radius 1 is 1.32 bits per heavy atom. The molecule has 0 amide bonds. The molecule has 0 N–H and O–H groups in total. The molecule has 5 nitrogen and oxygen atoms in total. The number of hydrogen-bond donors (Lipinski definition) is 0. The average Bonchev–Trinajstić information content (AvgIpc) is 2.88. The second kappa shape index (κ2) is 4.97. The number of ether oxygens (including phenoxy) is 2. The van der Waals surface area contributed by atoms with Crippen molar-refractivity contribution in [1.82, 2.24) is 4.98 Å². The minimum Gasteiger partial charge on any atom is -0.355 e. The Kier molecular flexibility index (Phi) is 3.31. The van der Waals surface area contributed by atoms with Crippen molar-refractivity contribution in [3.8, 4) is 6.07 Å². The van der Waals surface area contributed by atoms with Crippen molar-refractivity contribution in [1.29, 1.82) is 5.26 Å². The van der Waals surface area contributed by atoms with E-state index in [1.54, 1.807) is 12.3 Å². The summed E-state index contributed by atoms with van der Waals surface area (Å²) in [5.74, 6) is 0.337. The van der Waals surface area contributed by atoms with Crippen LogP contribution in [0, 0.1) is 11.3 Å². The maximum absolute atomic E-state index is 8.81. The summed E-state index contributed by atoms with van der Waals surface area (Å²) in [6.07, 6.45) is 3.17. The summed E-state index contributed by atoms with van der Waals surface area (Å²) in [5, 5.41) is 9.32. The molecule has 100 valence electrons. The second-order valence-corrected chi connectivity index (χ2v) is 5.14. The molecule has 2 saturated heterocycles. The Balaban J connectivity index is 1.73. The van der Waals surface area contributed by atoms with Crippen LogP contribution >= 0.6 is 11.6 Å². The van der Waals surface area contributed by atoms with Gasteiger partial charge in [-0.2, -0.15) is 5.26 Å². The highest BCUT2D eigenvalue weighted by Crippen LogP contribution is 2.34. The van der Waals surface area contributed by atoms with Crippen molar-refractivity contribution in [2.24, 2.45) is 0 Å². The first kappa shape index (κ1) is 12.7. The zero-order chi connectivity index (χ0) is 13.3. The van der Waals surface area contributed by atoms with Gasteiger partial charge in [0.2, 0.25) is 0 Å². The Bertz CT molecular complexity index is 513. The van der Waals surface area contributed by atoms with Crippen molar-refractivity contribution in [3.63, 3.8) is 0 Å². The molecule has 0 aliphatic carbocycles. The van der Waals surface area contributed by atoms with Gasteiger partial charge < -0.3 is 14.4 Å². The summed E-state index contributed by atoms with van der Waals surface area (Å²) in [5.41, 5.74) is 0.477. The van der Waals surface area contributed by atoms with E-state index in [4.69, 9.17) is 26.3 Å². The number of pyridine rings is 1. The lowest BCUT2D eigenvalue weighted by molar-refractivity contribution is -0.169. The molecule has 0 bridgehead atoms. The lowest BCUT2D eigenvalue weighted by Crippen LogP contribution is -2.45. The quantitative estimate of drug-likeness (QED) is 0.786. The molecule has 1 aromatic rings. The van der Waals surface area contributed by atoms with Crippen LogP contribution in [0.15, 0.2) is 12.3 Å². The van der Waals surface area contributed by atoms with Gasteiger partial charge >= 0.3 is 0 Å². The van der Waals surface area contributed by atoms with Crippen LogP contribution in [0.1, 0.15) is 18.4 Å². The van der Waals surface area contributed by atoms with Crippen molar-refractivity contribution in [3.05, 3.63) is 22.8 Å². The molecule has 19 heavy (non-hydrogen) atoms. The molecular formula is C13H14ClN3O2. The minimum atomic E-state index is -0.393. The van der Waals surface area contributed by atoms with E-state index in [1.165, 1.54) is 0 Å². The van der Waals surface area contributed by atoms with E-state index in [2.05, 4.69) is 9.88 Å². The first-order valence-corrected chi connectivity index (χ1v) is 6.69. The monoisotopic (exact) mass is 279 g/mol. The Morgan fingerprint density at radius 3 is 2.58 bits per heavy atom. The van der Waals surface area contributed by atoms with Crippen molar-refractivity contribution in [2.75, 3.05) is 31.2 Å². The predicted octanol–water partition coefficient (Wildman–Crippen LogP) is 1.95. The third-order valence-electron chi connectivity index (χ3n) is 3.59. The van der Waals surface area contributed by atoms with Crippen molar-refractivity contribution in [2.45, 2.75) is 18.6 Å². The smallest absolute Gasteiger partial charge is 0.171 e. The third-order valence-corrected chi connectivity index (χ3v) is 3.87. The SMILES string of the molecule is N#Cc1cnc(N2CCC3(CC2)OCCO3)c(Cl)c1. The van der Waals surface area contributed by atoms with Gasteiger partial charge in [0.1, 0.15) is 11.9 Å². The van der Waals surface area contributed by atoms with Crippen LogP contribution in [0.5, 0.6) is 0 Å². The lowest BCUT2D eigenvalue weighted by Gasteiger charge is -2.38. The van der Waals surface area contributed by atoms with E-state index < -0.39 is 5.79 Å². The van der Waals surface area contributed by atoms with Gasteiger partial charge in [-0.1, -0.05) is 11.6 Å². The fourth-order valence-electron chi connectivity index (χ4n) is 2.57. The molecule has 0 radical (unpaired) electrons. The average molecular weight is 280 g/mol. The summed E-state index contributed by atoms with van der Waals surface area (Å²) in [6.45, 7) is 2.93. The Labute approximate surface area is 116 Å². The second-order valence-electron chi connectivity index (χ2n) is 4.74. The molecular weight excluding hydrogens is 266 g/mol. The maximum Gasteiger partial charge on any atom is 0.171 e. The highest BCUT2D eigenvalue weighted by atomic mass is 35.5. The number of aromatic nitrogens is 1. The van der Waals surface area contributed by atoms with E-state index in [0.717, 1.165) is 31.7 Å². The zero-order valence-electron chi connectivity index (χ0n) is 10.4. The predicted molar refractivity (Wildman–Crippen MR) is 70.0 cm³/mol. The molecule has 0 unspecified atom stereocenters. The maximum atomic E-state index is 8.81. The molecule has 2 aliphatic heterocycles. The largest absolute Gasteiger partial charge is 0.355 e. The third kappa shape index (κ3) is 2.39. The number of piperidine rings is 1. The molecule has 3 heterocycles. The fraction of sp³-hybridized carbons (Fsp3) is 0.538. The summed E-state index contributed by atoms with van der Waals surface area (Å²) in [6, 6.07) is 3.68. The van der Waals surface area contributed by atoms with Crippen molar-refractivity contribution < 1.29 is 9.47 Å². The van der Waals surface area contributed by atoms with Crippen LogP contribution in [-0.4, -0.2) is 37.1 Å². The van der Waals surface area contributed by atoms with E-state index in [1.807, 2.05) is 6.07 Å². The first-order chi connectivity index (χ1) is 9.22. The number of nitrogens with zero attached hydrogens (tertiary/aromatic N) is 3. The lowest BCUT2D eigenvalue weighted by atomic mass is 10.0. The summed E-state index contributed by atoms with van der Waals surface area (Å²) in [7, 11) is 0. The Hall–Kier alpha value is -1.35. The van der Waals surface area contributed by atoms with E-state index >= 15 is 0 Å². The van der Waals surface area contributed by atoms with Crippen LogP contribution < -0.4 is 4.90 Å². The van der Waals surface area contributed by atoms with Crippen LogP contribution in [-0.2, 0) is 9.47 Å². The van der Waals surface area contributed by atoms with Crippen LogP contribution in [0.4, 0.5) is 5.82 Å². The van der Waals surface area contributed by atoms with Gasteiger partial charge in [0.05, 0.1) is 23.8 Å². The first-order valence-electron chi connectivity index (χ1n) is 6.31. The number of hydrogen-bond acceptors (Lipinski definition) is 5. The molecule has 2 fully saturated rings. The van der Waals surface area contributed by atoms with E-state index in [0.29, 0.717) is 23.8 Å². The van der Waals surface area contributed by atoms with Gasteiger partial charge in [0, 0.05) is 32.1 Å². The van der Waals surface area contributed by atoms with Crippen LogP contribution in [0.25, 0.3) is 0 Å². The molecule has 1 spiro atoms. The van der Waals surface area contributed by atoms with Gasteiger partial charge in [-0.3, -0.25) is 0 Å². The van der Waals surface area contributed by atoms with Gasteiger partial charge in [0.25, 0.3) is 0 Å². The summed E-state index contributed by atoms with van der Waals surface area (Å²) in [4.78, 5) is 6.39. The summed E-state index contributed by atoms with van der Waals surface area (Å²) < 4.78 is 11.4. The summed E-state index contributed by atoms with van der Waals surface area (Å²) >= 11 is 6.17. The number of halogens is 1. The van der Waals surface area contributed by atoms with Crippen LogP contribution in [0.2, 0.25) is 5.02 Å². The van der Waals surface area contributed by atoms with Gasteiger partial charge in [-0.25, -0.2) is 4.98 Å². The molecule has 6 heteroatoms. The number of nitriles is 1. The Morgan fingerprint density at radius 2 is 2.00 bits per heavy atom. The molecule has 2 aliphatic rings. The van der Waals surface area contributed by atoms with Crippen LogP contribution in [0.3, 0.4) is 0 Å². The molecule has 0 saturated carbocycles. The number of rotatable bonds is 1. The van der Waals surface area contributed by atoms with Crippen molar-refractivity contribution >= 4 is 17.4 Å². The van der Waals surface area contributed by atoms with E-state index in [9.17, 15) is 0 Å². The molecule has 1 aromatic heterocycles. The highest BCUT2D eigenvalue weighted by Gasteiger charge is 2.40. The van der Waals surface area contributed by atoms with Gasteiger partial charge in [0.15, 0.2) is 5.79 Å². The zero-order valence-corrected chi connectivity index (χ0v) is 11.2. The molecule has 0 atom stereocenters. The molecule has 3 rings (SSSR count). The van der Waals surface area contributed by atoms with Gasteiger partial charge in [-0.15, -0.1) is 0 Å². The normalized spacial score (nSPS) is 21.6. The minimum absolute atomic E-state index is 0.393. The van der Waals surface area contributed by atoms with Gasteiger partial charge in [-0.05, 0) is 6.07 Å². The molecule has 0 aromatic carbocycles. The number of anilines is 1. The topological polar surface area (TPSA) is 58.4 Å². The highest BCUT2D eigenvalue weighted by molar-refractivity contribution is 6.33.